The fraction of sp³-hybridized carbons (Fsp3) is 0.364. The lowest BCUT2D eigenvalue weighted by molar-refractivity contribution is 0.784. The van der Waals surface area contributed by atoms with E-state index in [4.69, 9.17) is 5.73 Å². The minimum Gasteiger partial charge on any atom is -0.324 e. The summed E-state index contributed by atoms with van der Waals surface area (Å²) in [4.78, 5) is 8.52. The molecule has 0 aromatic carbocycles. The molecule has 3 rings (SSSR count). The molecular formula is C11H14ClN5. The third-order valence-corrected chi connectivity index (χ3v) is 2.81. The second-order valence-corrected chi connectivity index (χ2v) is 4.01. The molecule has 5 nitrogen and oxygen atoms in total. The van der Waals surface area contributed by atoms with E-state index in [2.05, 4.69) is 21.1 Å². The van der Waals surface area contributed by atoms with Crippen molar-refractivity contribution in [2.45, 2.75) is 25.3 Å². The van der Waals surface area contributed by atoms with E-state index < -0.39 is 0 Å². The third-order valence-electron chi connectivity index (χ3n) is 2.81. The summed E-state index contributed by atoms with van der Waals surface area (Å²) in [6, 6.07) is 4.09. The summed E-state index contributed by atoms with van der Waals surface area (Å²) >= 11 is 0. The predicted molar refractivity (Wildman–Crippen MR) is 66.3 cm³/mol. The van der Waals surface area contributed by atoms with Gasteiger partial charge in [-0.2, -0.15) is 5.10 Å². The first-order valence-electron chi connectivity index (χ1n) is 5.44. The van der Waals surface area contributed by atoms with Gasteiger partial charge in [-0.15, -0.1) is 12.4 Å². The molecule has 6 heteroatoms. The van der Waals surface area contributed by atoms with Gasteiger partial charge in [0, 0.05) is 11.6 Å². The van der Waals surface area contributed by atoms with Gasteiger partial charge in [-0.3, -0.25) is 4.98 Å². The first-order valence-corrected chi connectivity index (χ1v) is 5.44. The number of nitrogens with zero attached hydrogens (tertiary/aromatic N) is 4. The van der Waals surface area contributed by atoms with E-state index in [0.717, 1.165) is 11.5 Å². The molecule has 0 amide bonds. The van der Waals surface area contributed by atoms with Crippen LogP contribution in [0.5, 0.6) is 0 Å². The fourth-order valence-electron chi connectivity index (χ4n) is 1.76. The molecular weight excluding hydrogens is 238 g/mol. The molecule has 1 fully saturated rings. The summed E-state index contributed by atoms with van der Waals surface area (Å²) in [7, 11) is 0. The molecule has 2 aromatic heterocycles. The zero-order valence-electron chi connectivity index (χ0n) is 9.28. The van der Waals surface area contributed by atoms with Crippen LogP contribution in [0.4, 0.5) is 0 Å². The number of hydrogen-bond acceptors (Lipinski definition) is 4. The summed E-state index contributed by atoms with van der Waals surface area (Å²) in [5, 5.41) is 4.13. The van der Waals surface area contributed by atoms with E-state index in [1.165, 1.54) is 24.9 Å². The molecule has 1 aliphatic carbocycles. The highest BCUT2D eigenvalue weighted by atomic mass is 35.5. The molecule has 0 atom stereocenters. The van der Waals surface area contributed by atoms with Gasteiger partial charge in [-0.25, -0.2) is 9.67 Å². The number of pyridine rings is 1. The molecule has 0 radical (unpaired) electrons. The molecule has 0 bridgehead atoms. The second kappa shape index (κ2) is 4.81. The van der Waals surface area contributed by atoms with E-state index in [1.807, 2.05) is 12.3 Å². The van der Waals surface area contributed by atoms with Crippen LogP contribution in [0.2, 0.25) is 0 Å². The topological polar surface area (TPSA) is 69.6 Å². The van der Waals surface area contributed by atoms with Crippen molar-refractivity contribution in [1.29, 1.82) is 0 Å². The van der Waals surface area contributed by atoms with Crippen LogP contribution in [0, 0.1) is 0 Å². The predicted octanol–water partition coefficient (Wildman–Crippen LogP) is 1.42. The lowest BCUT2D eigenvalue weighted by Gasteiger charge is -2.04. The largest absolute Gasteiger partial charge is 0.324 e. The van der Waals surface area contributed by atoms with E-state index in [0.29, 0.717) is 12.5 Å². The summed E-state index contributed by atoms with van der Waals surface area (Å²) < 4.78 is 1.73. The summed E-state index contributed by atoms with van der Waals surface area (Å²) in [5.41, 5.74) is 7.67. The van der Waals surface area contributed by atoms with Gasteiger partial charge in [0.15, 0.2) is 0 Å². The highest BCUT2D eigenvalue weighted by Crippen LogP contribution is 2.38. The van der Waals surface area contributed by atoms with Crippen LogP contribution in [0.1, 0.15) is 30.3 Å². The lowest BCUT2D eigenvalue weighted by atomic mass is 10.2. The second-order valence-electron chi connectivity index (χ2n) is 4.01. The Morgan fingerprint density at radius 2 is 2.12 bits per heavy atom. The normalized spacial score (nSPS) is 14.4. The quantitative estimate of drug-likeness (QED) is 0.896. The van der Waals surface area contributed by atoms with Gasteiger partial charge in [-0.05, 0) is 25.0 Å². The van der Waals surface area contributed by atoms with E-state index in [1.54, 1.807) is 4.68 Å². The number of hydrogen-bond donors (Lipinski definition) is 1. The molecule has 0 spiro atoms. The molecule has 1 saturated carbocycles. The average molecular weight is 252 g/mol. The number of halogens is 1. The van der Waals surface area contributed by atoms with Gasteiger partial charge in [0.05, 0.1) is 18.4 Å². The van der Waals surface area contributed by atoms with E-state index >= 15 is 0 Å². The molecule has 0 saturated heterocycles. The van der Waals surface area contributed by atoms with Crippen molar-refractivity contribution >= 4 is 12.4 Å². The average Bonchev–Trinajstić information content (AvgIpc) is 3.07. The van der Waals surface area contributed by atoms with Crippen LogP contribution in [-0.4, -0.2) is 19.7 Å². The highest BCUT2D eigenvalue weighted by Gasteiger charge is 2.24. The van der Waals surface area contributed by atoms with Crippen molar-refractivity contribution in [2.75, 3.05) is 0 Å². The molecule has 0 aliphatic heterocycles. The van der Waals surface area contributed by atoms with Crippen molar-refractivity contribution in [3.63, 3.8) is 0 Å². The van der Waals surface area contributed by atoms with E-state index in [-0.39, 0.29) is 12.4 Å². The summed E-state index contributed by atoms with van der Waals surface area (Å²) in [6.45, 7) is 0.379. The molecule has 2 aromatic rings. The van der Waals surface area contributed by atoms with Crippen LogP contribution in [0.3, 0.4) is 0 Å². The maximum absolute atomic E-state index is 5.58. The van der Waals surface area contributed by atoms with Gasteiger partial charge in [0.25, 0.3) is 0 Å². The maximum Gasteiger partial charge on any atom is 0.146 e. The van der Waals surface area contributed by atoms with E-state index in [9.17, 15) is 0 Å². The zero-order valence-corrected chi connectivity index (χ0v) is 10.1. The summed E-state index contributed by atoms with van der Waals surface area (Å²) in [6.07, 6.45) is 5.88. The van der Waals surface area contributed by atoms with Gasteiger partial charge in [0.2, 0.25) is 0 Å². The first-order chi connectivity index (χ1) is 7.88. The third kappa shape index (κ3) is 2.30. The Bertz CT molecular complexity index is 489. The minimum atomic E-state index is 0. The monoisotopic (exact) mass is 251 g/mol. The van der Waals surface area contributed by atoms with Crippen molar-refractivity contribution in [2.24, 2.45) is 5.73 Å². The molecule has 0 unspecified atom stereocenters. The van der Waals surface area contributed by atoms with Crippen LogP contribution in [0.15, 0.2) is 24.7 Å². The lowest BCUT2D eigenvalue weighted by Crippen LogP contribution is -2.08. The van der Waals surface area contributed by atoms with Crippen molar-refractivity contribution in [3.05, 3.63) is 36.2 Å². The number of aromatic nitrogens is 4. The Labute approximate surface area is 105 Å². The molecule has 2 heterocycles. The Kier molecular flexibility index (Phi) is 3.40. The Morgan fingerprint density at radius 1 is 1.29 bits per heavy atom. The summed E-state index contributed by atoms with van der Waals surface area (Å²) in [5.74, 6) is 1.43. The Balaban J connectivity index is 0.00000108. The minimum absolute atomic E-state index is 0. The van der Waals surface area contributed by atoms with Crippen molar-refractivity contribution < 1.29 is 0 Å². The first kappa shape index (κ1) is 12.0. The van der Waals surface area contributed by atoms with Gasteiger partial charge in [-0.1, -0.05) is 0 Å². The fourth-order valence-corrected chi connectivity index (χ4v) is 1.76. The zero-order chi connectivity index (χ0) is 11.0. The number of rotatable bonds is 3. The van der Waals surface area contributed by atoms with Crippen LogP contribution < -0.4 is 5.73 Å². The Hall–Kier alpha value is -1.46. The molecule has 90 valence electrons. The molecule has 17 heavy (non-hydrogen) atoms. The standard InChI is InChI=1S/C11H13N5.ClH/c12-5-11-14-7-15-16(11)9-3-4-10(13-6-9)8-1-2-8;/h3-4,6-8H,1-2,5,12H2;1H. The van der Waals surface area contributed by atoms with Crippen LogP contribution in [-0.2, 0) is 6.54 Å². The SMILES string of the molecule is Cl.NCc1ncnn1-c1ccc(C2CC2)nc1. The van der Waals surface area contributed by atoms with Crippen LogP contribution in [0.25, 0.3) is 5.69 Å². The van der Waals surface area contributed by atoms with Gasteiger partial charge < -0.3 is 5.73 Å². The van der Waals surface area contributed by atoms with Gasteiger partial charge >= 0.3 is 0 Å². The van der Waals surface area contributed by atoms with Crippen molar-refractivity contribution in [1.82, 2.24) is 19.7 Å². The highest BCUT2D eigenvalue weighted by molar-refractivity contribution is 5.85. The molecule has 1 aliphatic rings. The smallest absolute Gasteiger partial charge is 0.146 e. The van der Waals surface area contributed by atoms with Crippen molar-refractivity contribution in [3.8, 4) is 5.69 Å². The number of nitrogens with two attached hydrogens (primary N) is 1. The maximum atomic E-state index is 5.58. The van der Waals surface area contributed by atoms with Crippen LogP contribution >= 0.6 is 12.4 Å². The van der Waals surface area contributed by atoms with Gasteiger partial charge in [0.1, 0.15) is 12.2 Å². The molecule has 2 N–H and O–H groups in total. The Morgan fingerprint density at radius 3 is 2.71 bits per heavy atom.